The predicted molar refractivity (Wildman–Crippen MR) is 73.9 cm³/mol. The second-order valence-corrected chi connectivity index (χ2v) is 5.96. The maximum Gasteiger partial charge on any atom is 0.237 e. The van der Waals surface area contributed by atoms with Crippen LogP contribution >= 0.6 is 11.3 Å². The number of nitrogens with zero attached hydrogens (tertiary/aromatic N) is 2. The number of hydrogen-bond acceptors (Lipinski definition) is 5. The van der Waals surface area contributed by atoms with Crippen LogP contribution in [-0.2, 0) is 14.4 Å². The van der Waals surface area contributed by atoms with Crippen molar-refractivity contribution in [3.05, 3.63) is 11.6 Å². The summed E-state index contributed by atoms with van der Waals surface area (Å²) < 4.78 is 0. The lowest BCUT2D eigenvalue weighted by Gasteiger charge is -2.22. The van der Waals surface area contributed by atoms with Crippen LogP contribution in [0, 0.1) is 5.41 Å². The minimum Gasteiger partial charge on any atom is -0.368 e. The van der Waals surface area contributed by atoms with E-state index < -0.39 is 11.3 Å². The number of anilines is 1. The van der Waals surface area contributed by atoms with E-state index in [1.54, 1.807) is 18.5 Å². The van der Waals surface area contributed by atoms with Gasteiger partial charge in [-0.15, -0.1) is 11.3 Å². The lowest BCUT2D eigenvalue weighted by Crippen LogP contribution is -2.39. The zero-order valence-corrected chi connectivity index (χ0v) is 11.9. The van der Waals surface area contributed by atoms with Crippen molar-refractivity contribution >= 4 is 34.2 Å². The fraction of sp³-hybridized carbons (Fsp3) is 0.500. The smallest absolute Gasteiger partial charge is 0.237 e. The van der Waals surface area contributed by atoms with Gasteiger partial charge in [-0.3, -0.25) is 14.4 Å². The molecule has 2 rings (SSSR count). The Hall–Kier alpha value is -1.96. The van der Waals surface area contributed by atoms with Gasteiger partial charge in [0.2, 0.25) is 17.7 Å². The summed E-state index contributed by atoms with van der Waals surface area (Å²) in [6.45, 7) is 2.09. The highest BCUT2D eigenvalue weighted by atomic mass is 32.1. The average Bonchev–Trinajstić information content (AvgIpc) is 2.93. The molecular formula is C12H16N4O3S. The van der Waals surface area contributed by atoms with E-state index in [0.29, 0.717) is 18.1 Å². The maximum absolute atomic E-state index is 12.2. The van der Waals surface area contributed by atoms with Crippen LogP contribution in [0.4, 0.5) is 5.13 Å². The molecule has 1 aliphatic rings. The summed E-state index contributed by atoms with van der Waals surface area (Å²) in [5.74, 6) is -1.00. The normalized spacial score (nSPS) is 22.1. The number of hydrogen-bond donors (Lipinski definition) is 2. The fourth-order valence-corrected chi connectivity index (χ4v) is 2.82. The molecule has 7 nitrogen and oxygen atoms in total. The van der Waals surface area contributed by atoms with Crippen molar-refractivity contribution < 1.29 is 14.4 Å². The Morgan fingerprint density at radius 2 is 2.35 bits per heavy atom. The van der Waals surface area contributed by atoms with Crippen molar-refractivity contribution in [1.82, 2.24) is 9.88 Å². The molecule has 3 amide bonds. The van der Waals surface area contributed by atoms with E-state index in [4.69, 9.17) is 5.73 Å². The van der Waals surface area contributed by atoms with E-state index in [1.807, 2.05) is 0 Å². The van der Waals surface area contributed by atoms with Crippen LogP contribution in [0.1, 0.15) is 19.8 Å². The third-order valence-corrected chi connectivity index (χ3v) is 4.00. The Labute approximate surface area is 120 Å². The minimum absolute atomic E-state index is 0.0701. The molecule has 1 saturated heterocycles. The number of primary amides is 1. The molecule has 1 atom stereocenters. The Bertz CT molecular complexity index is 531. The van der Waals surface area contributed by atoms with Gasteiger partial charge in [0.25, 0.3) is 0 Å². The average molecular weight is 296 g/mol. The molecule has 8 heteroatoms. The van der Waals surface area contributed by atoms with Crippen LogP contribution < -0.4 is 11.1 Å². The molecule has 1 aromatic heterocycles. The Morgan fingerprint density at radius 3 is 2.95 bits per heavy atom. The number of carbonyl (C=O) groups is 3. The van der Waals surface area contributed by atoms with Crippen molar-refractivity contribution in [3.63, 3.8) is 0 Å². The SMILES string of the molecule is CC1(CC(=O)Nc2nccs2)CCN(CC(N)=O)C1=O. The van der Waals surface area contributed by atoms with Crippen LogP contribution in [0.2, 0.25) is 0 Å². The molecule has 2 heterocycles. The van der Waals surface area contributed by atoms with E-state index in [-0.39, 0.29) is 24.8 Å². The summed E-state index contributed by atoms with van der Waals surface area (Å²) in [6.07, 6.45) is 2.20. The number of aromatic nitrogens is 1. The molecule has 1 aliphatic heterocycles. The molecule has 0 radical (unpaired) electrons. The van der Waals surface area contributed by atoms with Crippen molar-refractivity contribution in [2.75, 3.05) is 18.4 Å². The minimum atomic E-state index is -0.781. The van der Waals surface area contributed by atoms with Crippen molar-refractivity contribution in [2.24, 2.45) is 11.1 Å². The quantitative estimate of drug-likeness (QED) is 0.809. The summed E-state index contributed by atoms with van der Waals surface area (Å²) in [5, 5.41) is 4.92. The third-order valence-electron chi connectivity index (χ3n) is 3.31. The molecule has 108 valence electrons. The molecule has 1 unspecified atom stereocenters. The molecule has 1 fully saturated rings. The highest BCUT2D eigenvalue weighted by molar-refractivity contribution is 7.13. The Balaban J connectivity index is 1.96. The van der Waals surface area contributed by atoms with E-state index in [2.05, 4.69) is 10.3 Å². The lowest BCUT2D eigenvalue weighted by molar-refractivity contribution is -0.139. The van der Waals surface area contributed by atoms with Crippen LogP contribution in [0.3, 0.4) is 0 Å². The molecule has 0 saturated carbocycles. The molecule has 3 N–H and O–H groups in total. The number of rotatable bonds is 5. The number of carbonyl (C=O) groups excluding carboxylic acids is 3. The lowest BCUT2D eigenvalue weighted by atomic mass is 9.85. The zero-order valence-electron chi connectivity index (χ0n) is 11.1. The first-order chi connectivity index (χ1) is 9.40. The van der Waals surface area contributed by atoms with Crippen molar-refractivity contribution in [2.45, 2.75) is 19.8 Å². The van der Waals surface area contributed by atoms with Gasteiger partial charge >= 0.3 is 0 Å². The van der Waals surface area contributed by atoms with E-state index >= 15 is 0 Å². The number of likely N-dealkylation sites (tertiary alicyclic amines) is 1. The summed E-state index contributed by atoms with van der Waals surface area (Å²) in [5.41, 5.74) is 4.31. The largest absolute Gasteiger partial charge is 0.368 e. The predicted octanol–water partition coefficient (Wildman–Crippen LogP) is 0.196. The molecule has 0 aliphatic carbocycles. The highest BCUT2D eigenvalue weighted by Gasteiger charge is 2.44. The van der Waals surface area contributed by atoms with Gasteiger partial charge in [-0.1, -0.05) is 6.92 Å². The van der Waals surface area contributed by atoms with Crippen LogP contribution in [0.25, 0.3) is 0 Å². The number of amides is 3. The number of nitrogens with one attached hydrogen (secondary N) is 1. The molecule has 0 aromatic carbocycles. The van der Waals surface area contributed by atoms with Gasteiger partial charge in [-0.2, -0.15) is 0 Å². The highest BCUT2D eigenvalue weighted by Crippen LogP contribution is 2.35. The first kappa shape index (κ1) is 14.4. The Morgan fingerprint density at radius 1 is 1.60 bits per heavy atom. The van der Waals surface area contributed by atoms with Gasteiger partial charge in [-0.25, -0.2) is 4.98 Å². The van der Waals surface area contributed by atoms with Gasteiger partial charge in [-0.05, 0) is 6.42 Å². The monoisotopic (exact) mass is 296 g/mol. The molecule has 1 aromatic rings. The van der Waals surface area contributed by atoms with Crippen molar-refractivity contribution in [3.8, 4) is 0 Å². The van der Waals surface area contributed by atoms with Crippen LogP contribution in [-0.4, -0.2) is 40.7 Å². The van der Waals surface area contributed by atoms with E-state index in [0.717, 1.165) is 0 Å². The number of thiazole rings is 1. The second-order valence-electron chi connectivity index (χ2n) is 5.07. The summed E-state index contributed by atoms with van der Waals surface area (Å²) >= 11 is 1.32. The zero-order chi connectivity index (χ0) is 14.8. The first-order valence-corrected chi connectivity index (χ1v) is 7.06. The van der Waals surface area contributed by atoms with Crippen LogP contribution in [0.5, 0.6) is 0 Å². The maximum atomic E-state index is 12.2. The van der Waals surface area contributed by atoms with Crippen molar-refractivity contribution in [1.29, 1.82) is 0 Å². The third kappa shape index (κ3) is 3.13. The summed E-state index contributed by atoms with van der Waals surface area (Å²) in [6, 6.07) is 0. The summed E-state index contributed by atoms with van der Waals surface area (Å²) in [4.78, 5) is 40.4. The molecule has 0 spiro atoms. The van der Waals surface area contributed by atoms with Gasteiger partial charge in [0.1, 0.15) is 0 Å². The Kier molecular flexibility index (Phi) is 4.03. The van der Waals surface area contributed by atoms with E-state index in [1.165, 1.54) is 16.2 Å². The first-order valence-electron chi connectivity index (χ1n) is 6.18. The molecular weight excluding hydrogens is 280 g/mol. The van der Waals surface area contributed by atoms with Gasteiger partial charge in [0.15, 0.2) is 5.13 Å². The van der Waals surface area contributed by atoms with E-state index in [9.17, 15) is 14.4 Å². The fourth-order valence-electron chi connectivity index (χ4n) is 2.28. The van der Waals surface area contributed by atoms with Crippen LogP contribution in [0.15, 0.2) is 11.6 Å². The topological polar surface area (TPSA) is 105 Å². The van der Waals surface area contributed by atoms with Gasteiger partial charge < -0.3 is 16.0 Å². The summed E-state index contributed by atoms with van der Waals surface area (Å²) in [7, 11) is 0. The molecule has 0 bridgehead atoms. The second kappa shape index (κ2) is 5.58. The molecule has 20 heavy (non-hydrogen) atoms. The standard InChI is InChI=1S/C12H16N4O3S/c1-12(2-4-16(10(12)19)7-8(13)17)6-9(18)15-11-14-3-5-20-11/h3,5H,2,4,6-7H2,1H3,(H2,13,17)(H,14,15,18). The van der Waals surface area contributed by atoms with Gasteiger partial charge in [0.05, 0.1) is 12.0 Å². The number of nitrogens with two attached hydrogens (primary N) is 1. The van der Waals surface area contributed by atoms with Gasteiger partial charge in [0, 0.05) is 24.5 Å².